The van der Waals surface area contributed by atoms with Gasteiger partial charge >= 0.3 is 0 Å². The molecule has 0 spiro atoms. The highest BCUT2D eigenvalue weighted by Crippen LogP contribution is 2.55. The van der Waals surface area contributed by atoms with E-state index in [0.717, 1.165) is 36.5 Å². The number of rotatable bonds is 3. The first-order valence-corrected chi connectivity index (χ1v) is 9.60. The fraction of sp³-hybridized carbons (Fsp3) is 0.389. The van der Waals surface area contributed by atoms with E-state index in [1.54, 1.807) is 18.2 Å². The second-order valence-corrected chi connectivity index (χ2v) is 8.30. The first kappa shape index (κ1) is 14.7. The molecule has 23 heavy (non-hydrogen) atoms. The third kappa shape index (κ3) is 2.63. The third-order valence-electron chi connectivity index (χ3n) is 5.23. The lowest BCUT2D eigenvalue weighted by atomic mass is 10.0. The van der Waals surface area contributed by atoms with Gasteiger partial charge < -0.3 is 0 Å². The van der Waals surface area contributed by atoms with Crippen LogP contribution in [0.3, 0.4) is 0 Å². The SMILES string of the molecule is O=C(NS(=O)(=O)c1ccc2ccccc2c1)C1[C@H]2CCCC[C@H]12. The molecule has 0 heterocycles. The minimum absolute atomic E-state index is 0.104. The Morgan fingerprint density at radius 3 is 2.30 bits per heavy atom. The van der Waals surface area contributed by atoms with Gasteiger partial charge in [0.2, 0.25) is 5.91 Å². The van der Waals surface area contributed by atoms with Crippen molar-refractivity contribution in [2.75, 3.05) is 0 Å². The van der Waals surface area contributed by atoms with Gasteiger partial charge in [0.05, 0.1) is 4.90 Å². The molecule has 2 saturated carbocycles. The number of hydrogen-bond acceptors (Lipinski definition) is 3. The Morgan fingerprint density at radius 2 is 1.61 bits per heavy atom. The van der Waals surface area contributed by atoms with Crippen molar-refractivity contribution in [3.05, 3.63) is 42.5 Å². The fourth-order valence-electron chi connectivity index (χ4n) is 3.98. The highest BCUT2D eigenvalue weighted by molar-refractivity contribution is 7.90. The fourth-order valence-corrected chi connectivity index (χ4v) is 5.02. The summed E-state index contributed by atoms with van der Waals surface area (Å²) in [6.45, 7) is 0. The maximum absolute atomic E-state index is 12.5. The molecule has 0 unspecified atom stereocenters. The Bertz CT molecular complexity index is 863. The topological polar surface area (TPSA) is 63.2 Å². The zero-order valence-corrected chi connectivity index (χ0v) is 13.6. The molecule has 0 aliphatic heterocycles. The van der Waals surface area contributed by atoms with Gasteiger partial charge in [-0.1, -0.05) is 43.2 Å². The van der Waals surface area contributed by atoms with Gasteiger partial charge in [-0.2, -0.15) is 0 Å². The first-order valence-electron chi connectivity index (χ1n) is 8.12. The average Bonchev–Trinajstić information content (AvgIpc) is 3.28. The maximum atomic E-state index is 12.5. The number of benzene rings is 2. The van der Waals surface area contributed by atoms with Crippen molar-refractivity contribution in [3.63, 3.8) is 0 Å². The Morgan fingerprint density at radius 1 is 0.957 bits per heavy atom. The van der Waals surface area contributed by atoms with Crippen LogP contribution in [-0.2, 0) is 14.8 Å². The molecule has 1 amide bonds. The largest absolute Gasteiger partial charge is 0.274 e. The molecule has 2 aliphatic rings. The number of nitrogens with one attached hydrogen (secondary N) is 1. The Kier molecular flexibility index (Phi) is 3.41. The number of hydrogen-bond donors (Lipinski definition) is 1. The summed E-state index contributed by atoms with van der Waals surface area (Å²) in [5.41, 5.74) is 0. The van der Waals surface area contributed by atoms with Gasteiger partial charge in [0.15, 0.2) is 0 Å². The highest BCUT2D eigenvalue weighted by Gasteiger charge is 2.55. The summed E-state index contributed by atoms with van der Waals surface area (Å²) in [4.78, 5) is 12.5. The van der Waals surface area contributed by atoms with Crippen LogP contribution in [0.15, 0.2) is 47.4 Å². The molecule has 0 bridgehead atoms. The van der Waals surface area contributed by atoms with Crippen LogP contribution < -0.4 is 4.72 Å². The van der Waals surface area contributed by atoms with Gasteiger partial charge in [0, 0.05) is 5.92 Å². The molecule has 1 N–H and O–H groups in total. The maximum Gasteiger partial charge on any atom is 0.264 e. The van der Waals surface area contributed by atoms with Crippen molar-refractivity contribution in [1.82, 2.24) is 4.72 Å². The van der Waals surface area contributed by atoms with Crippen molar-refractivity contribution < 1.29 is 13.2 Å². The number of sulfonamides is 1. The van der Waals surface area contributed by atoms with Crippen LogP contribution in [0, 0.1) is 17.8 Å². The van der Waals surface area contributed by atoms with E-state index >= 15 is 0 Å². The molecule has 120 valence electrons. The van der Waals surface area contributed by atoms with Crippen LogP contribution in [-0.4, -0.2) is 14.3 Å². The zero-order chi connectivity index (χ0) is 16.0. The Labute approximate surface area is 135 Å². The van der Waals surface area contributed by atoms with E-state index in [0.29, 0.717) is 11.8 Å². The summed E-state index contributed by atoms with van der Waals surface area (Å²) < 4.78 is 27.3. The smallest absolute Gasteiger partial charge is 0.264 e. The molecule has 5 heteroatoms. The Hall–Kier alpha value is -1.88. The van der Waals surface area contributed by atoms with Crippen LogP contribution in [0.5, 0.6) is 0 Å². The summed E-state index contributed by atoms with van der Waals surface area (Å²) in [5, 5.41) is 1.83. The van der Waals surface area contributed by atoms with Gasteiger partial charge in [0.1, 0.15) is 0 Å². The van der Waals surface area contributed by atoms with Crippen LogP contribution in [0.25, 0.3) is 10.8 Å². The van der Waals surface area contributed by atoms with E-state index in [2.05, 4.69) is 4.72 Å². The molecule has 2 aliphatic carbocycles. The predicted molar refractivity (Wildman–Crippen MR) is 88.2 cm³/mol. The van der Waals surface area contributed by atoms with Gasteiger partial charge in [-0.15, -0.1) is 0 Å². The summed E-state index contributed by atoms with van der Waals surface area (Å²) in [6.07, 6.45) is 4.42. The highest BCUT2D eigenvalue weighted by atomic mass is 32.2. The summed E-state index contributed by atoms with van der Waals surface area (Å²) >= 11 is 0. The van der Waals surface area contributed by atoms with Crippen LogP contribution in [0.2, 0.25) is 0 Å². The first-order chi connectivity index (χ1) is 11.1. The Balaban J connectivity index is 1.56. The quantitative estimate of drug-likeness (QED) is 0.941. The van der Waals surface area contributed by atoms with E-state index in [1.807, 2.05) is 24.3 Å². The molecule has 2 aromatic carbocycles. The number of amides is 1. The lowest BCUT2D eigenvalue weighted by Gasteiger charge is -2.08. The van der Waals surface area contributed by atoms with E-state index in [9.17, 15) is 13.2 Å². The summed E-state index contributed by atoms with van der Waals surface area (Å²) in [7, 11) is -3.80. The molecular formula is C18H19NO3S. The van der Waals surface area contributed by atoms with Crippen molar-refractivity contribution in [2.24, 2.45) is 17.8 Å². The molecule has 4 nitrogen and oxygen atoms in total. The van der Waals surface area contributed by atoms with Gasteiger partial charge in [-0.3, -0.25) is 4.79 Å². The number of carbonyl (C=O) groups excluding carboxylic acids is 1. The lowest BCUT2D eigenvalue weighted by molar-refractivity contribution is -0.121. The van der Waals surface area contributed by atoms with Gasteiger partial charge in [0.25, 0.3) is 10.0 Å². The summed E-state index contributed by atoms with van der Waals surface area (Å²) in [5.74, 6) is 0.369. The minimum Gasteiger partial charge on any atom is -0.274 e. The lowest BCUT2D eigenvalue weighted by Crippen LogP contribution is -2.32. The van der Waals surface area contributed by atoms with E-state index < -0.39 is 10.0 Å². The van der Waals surface area contributed by atoms with E-state index in [4.69, 9.17) is 0 Å². The molecule has 0 saturated heterocycles. The monoisotopic (exact) mass is 329 g/mol. The molecule has 0 radical (unpaired) electrons. The molecule has 2 aromatic rings. The van der Waals surface area contributed by atoms with E-state index in [1.165, 1.54) is 0 Å². The molecular weight excluding hydrogens is 310 g/mol. The van der Waals surface area contributed by atoms with Gasteiger partial charge in [-0.05, 0) is 47.6 Å². The predicted octanol–water partition coefficient (Wildman–Crippen LogP) is 3.08. The molecule has 2 atom stereocenters. The minimum atomic E-state index is -3.80. The molecule has 2 fully saturated rings. The third-order valence-corrected chi connectivity index (χ3v) is 6.57. The van der Waals surface area contributed by atoms with Crippen LogP contribution in [0.1, 0.15) is 25.7 Å². The van der Waals surface area contributed by atoms with Crippen molar-refractivity contribution in [2.45, 2.75) is 30.6 Å². The van der Waals surface area contributed by atoms with E-state index in [-0.39, 0.29) is 16.7 Å². The van der Waals surface area contributed by atoms with Crippen molar-refractivity contribution >= 4 is 26.7 Å². The zero-order valence-electron chi connectivity index (χ0n) is 12.7. The normalized spacial score (nSPS) is 26.5. The van der Waals surface area contributed by atoms with Crippen LogP contribution in [0.4, 0.5) is 0 Å². The van der Waals surface area contributed by atoms with Crippen molar-refractivity contribution in [1.29, 1.82) is 0 Å². The number of carbonyl (C=O) groups is 1. The van der Waals surface area contributed by atoms with Gasteiger partial charge in [-0.25, -0.2) is 13.1 Å². The summed E-state index contributed by atoms with van der Waals surface area (Å²) in [6, 6.07) is 12.5. The molecule has 4 rings (SSSR count). The molecule has 0 aromatic heterocycles. The van der Waals surface area contributed by atoms with Crippen molar-refractivity contribution in [3.8, 4) is 0 Å². The number of fused-ring (bicyclic) bond motifs is 2. The van der Waals surface area contributed by atoms with Crippen LogP contribution >= 0.6 is 0 Å². The second kappa shape index (κ2) is 5.34. The second-order valence-electron chi connectivity index (χ2n) is 6.62. The average molecular weight is 329 g/mol. The standard InChI is InChI=1S/C18H19NO3S/c20-18(17-15-7-3-4-8-16(15)17)19-23(21,22)14-10-9-12-5-1-2-6-13(12)11-14/h1-2,5-6,9-11,15-17H,3-4,7-8H2,(H,19,20)/t15-,16-/m0/s1.